The van der Waals surface area contributed by atoms with Crippen LogP contribution in [0.5, 0.6) is 5.75 Å². The molecule has 0 saturated heterocycles. The fraction of sp³-hybridized carbons (Fsp3) is 0.0952. The number of anilines is 2. The van der Waals surface area contributed by atoms with E-state index >= 15 is 0 Å². The highest BCUT2D eigenvalue weighted by molar-refractivity contribution is 7.86. The number of nitrogens with one attached hydrogen (secondary N) is 1. The van der Waals surface area contributed by atoms with Crippen molar-refractivity contribution in [3.8, 4) is 5.75 Å². The first-order valence-electron chi connectivity index (χ1n) is 11.3. The average molecular weight is 709 g/mol. The van der Waals surface area contributed by atoms with Crippen molar-refractivity contribution in [1.82, 2.24) is 15.0 Å². The average Bonchev–Trinajstić information content (AvgIpc) is 2.90. The van der Waals surface area contributed by atoms with E-state index in [1.54, 1.807) is 0 Å². The molecular weight excluding hydrogens is 692 g/mol. The van der Waals surface area contributed by atoms with Crippen LogP contribution in [0.15, 0.2) is 73.7 Å². The van der Waals surface area contributed by atoms with Crippen LogP contribution in [0.25, 0.3) is 10.8 Å². The monoisotopic (exact) mass is 708 g/mol. The smallest absolute Gasteiger partial charge is 0.397 e. The first-order valence-corrected chi connectivity index (χ1v) is 17.3. The van der Waals surface area contributed by atoms with Crippen LogP contribution in [0, 0.1) is 0 Å². The minimum Gasteiger partial charge on any atom is -0.505 e. The zero-order chi connectivity index (χ0) is 32.4. The molecule has 18 nitrogen and oxygen atoms in total. The summed E-state index contributed by atoms with van der Waals surface area (Å²) in [5.74, 6) is -1.42. The summed E-state index contributed by atoms with van der Waals surface area (Å²) < 4.78 is 114. The van der Waals surface area contributed by atoms with Gasteiger partial charge in [-0.15, -0.1) is 5.11 Å². The Morgan fingerprint density at radius 1 is 0.932 bits per heavy atom. The first kappa shape index (κ1) is 33.2. The van der Waals surface area contributed by atoms with Crippen LogP contribution < -0.4 is 5.32 Å². The van der Waals surface area contributed by atoms with Gasteiger partial charge in [0, 0.05) is 10.3 Å². The van der Waals surface area contributed by atoms with Crippen molar-refractivity contribution < 1.29 is 52.4 Å². The van der Waals surface area contributed by atoms with Gasteiger partial charge < -0.3 is 10.4 Å². The topological polar surface area (TPSA) is 285 Å². The molecule has 4 aromatic rings. The van der Waals surface area contributed by atoms with Crippen LogP contribution in [0.2, 0.25) is 5.28 Å². The number of aromatic hydroxyl groups is 1. The number of nitrogens with zero attached hydrogens (tertiary/aromatic N) is 5. The maximum Gasteiger partial charge on any atom is 0.397 e. The Morgan fingerprint density at radius 3 is 2.20 bits per heavy atom. The Hall–Kier alpha value is -3.74. The number of fused-ring (bicyclic) bond motifs is 1. The van der Waals surface area contributed by atoms with Crippen LogP contribution in [0.4, 0.5) is 23.0 Å². The molecule has 0 radical (unpaired) electrons. The lowest BCUT2D eigenvalue weighted by Crippen LogP contribution is -2.11. The van der Waals surface area contributed by atoms with Crippen LogP contribution in [0.1, 0.15) is 0 Å². The van der Waals surface area contributed by atoms with Gasteiger partial charge >= 0.3 is 10.4 Å². The molecule has 0 bridgehead atoms. The quantitative estimate of drug-likeness (QED) is 0.110. The predicted molar refractivity (Wildman–Crippen MR) is 153 cm³/mol. The molecule has 0 amide bonds. The molecule has 5 N–H and O–H groups in total. The number of azo groups is 1. The van der Waals surface area contributed by atoms with E-state index in [4.69, 9.17) is 16.2 Å². The van der Waals surface area contributed by atoms with Gasteiger partial charge in [-0.05, 0) is 59.5 Å². The van der Waals surface area contributed by atoms with Gasteiger partial charge in [0.1, 0.15) is 16.9 Å². The highest BCUT2D eigenvalue weighted by atomic mass is 35.5. The fourth-order valence-corrected chi connectivity index (χ4v) is 6.20. The molecule has 234 valence electrons. The summed E-state index contributed by atoms with van der Waals surface area (Å²) in [5.41, 5.74) is -0.995. The molecule has 0 aliphatic carbocycles. The molecule has 4 rings (SSSR count). The number of aromatic nitrogens is 3. The van der Waals surface area contributed by atoms with E-state index in [2.05, 4.69) is 34.7 Å². The molecule has 0 aliphatic rings. The van der Waals surface area contributed by atoms with Gasteiger partial charge in [0.25, 0.3) is 20.2 Å². The summed E-state index contributed by atoms with van der Waals surface area (Å²) in [6.45, 7) is -0.560. The number of benzene rings is 3. The van der Waals surface area contributed by atoms with Crippen LogP contribution in [0.3, 0.4) is 0 Å². The molecular formula is C21H17ClN6O12S4. The SMILES string of the molecule is O=S(CCOS(=O)(=O)O)c1ccc(N=Nc2c(S(=O)(=O)O)cc3cc(S(=O)(=O)O)cc(Nc4ncnc(Cl)n4)c3c2O)cc1. The fourth-order valence-electron chi connectivity index (χ4n) is 3.56. The third-order valence-electron chi connectivity index (χ3n) is 5.35. The molecule has 1 heterocycles. The van der Waals surface area contributed by atoms with E-state index in [1.165, 1.54) is 24.3 Å². The Labute approximate surface area is 255 Å². The van der Waals surface area contributed by atoms with E-state index in [1.807, 2.05) is 0 Å². The van der Waals surface area contributed by atoms with Crippen molar-refractivity contribution in [2.45, 2.75) is 14.7 Å². The van der Waals surface area contributed by atoms with E-state index in [0.717, 1.165) is 24.5 Å². The van der Waals surface area contributed by atoms with Gasteiger partial charge in [0.15, 0.2) is 5.75 Å². The summed E-state index contributed by atoms with van der Waals surface area (Å²) >= 11 is 5.76. The summed E-state index contributed by atoms with van der Waals surface area (Å²) in [6, 6.07) is 7.71. The second-order valence-corrected chi connectivity index (χ2v) is 14.1. The lowest BCUT2D eigenvalue weighted by molar-refractivity contribution is 0.284. The molecule has 23 heteroatoms. The normalized spacial score (nSPS) is 13.4. The van der Waals surface area contributed by atoms with E-state index in [0.29, 0.717) is 0 Å². The van der Waals surface area contributed by atoms with Crippen LogP contribution in [-0.2, 0) is 45.6 Å². The zero-order valence-corrected chi connectivity index (χ0v) is 25.4. The Morgan fingerprint density at radius 2 is 1.61 bits per heavy atom. The van der Waals surface area contributed by atoms with Crippen molar-refractivity contribution in [3.05, 3.63) is 54.1 Å². The minimum atomic E-state index is -5.12. The number of hydrogen-bond acceptors (Lipinski definition) is 15. The van der Waals surface area contributed by atoms with E-state index in [-0.39, 0.29) is 44.0 Å². The minimum absolute atomic E-state index is 0.0422. The van der Waals surface area contributed by atoms with Gasteiger partial charge in [0.2, 0.25) is 11.2 Å². The van der Waals surface area contributed by atoms with Crippen molar-refractivity contribution in [3.63, 3.8) is 0 Å². The highest BCUT2D eigenvalue weighted by Crippen LogP contribution is 2.45. The summed E-state index contributed by atoms with van der Waals surface area (Å²) in [5, 5.41) is 20.5. The Kier molecular flexibility index (Phi) is 9.57. The molecule has 0 aliphatic heterocycles. The van der Waals surface area contributed by atoms with Gasteiger partial charge in [-0.2, -0.15) is 35.4 Å². The summed E-state index contributed by atoms with van der Waals surface area (Å²) in [6.07, 6.45) is 1.01. The van der Waals surface area contributed by atoms with Gasteiger partial charge in [0.05, 0.1) is 39.4 Å². The first-order chi connectivity index (χ1) is 20.4. The van der Waals surface area contributed by atoms with Gasteiger partial charge in [-0.25, -0.2) is 14.2 Å². The summed E-state index contributed by atoms with van der Waals surface area (Å²) in [7, 11) is -16.4. The second kappa shape index (κ2) is 12.7. The van der Waals surface area contributed by atoms with E-state index in [9.17, 15) is 43.7 Å². The third-order valence-corrected chi connectivity index (χ3v) is 9.03. The number of phenols is 1. The van der Waals surface area contributed by atoms with Crippen molar-refractivity contribution in [2.24, 2.45) is 10.2 Å². The molecule has 3 aromatic carbocycles. The van der Waals surface area contributed by atoms with Crippen LogP contribution in [-0.4, -0.2) is 75.5 Å². The Balaban J connectivity index is 1.79. The van der Waals surface area contributed by atoms with Crippen molar-refractivity contribution in [1.29, 1.82) is 0 Å². The number of halogens is 1. The molecule has 0 spiro atoms. The Bertz CT molecular complexity index is 2150. The molecule has 1 unspecified atom stereocenters. The van der Waals surface area contributed by atoms with Crippen molar-refractivity contribution >= 4 is 86.8 Å². The number of hydrogen-bond donors (Lipinski definition) is 5. The zero-order valence-electron chi connectivity index (χ0n) is 21.3. The molecule has 0 saturated carbocycles. The van der Waals surface area contributed by atoms with Gasteiger partial charge in [-0.3, -0.25) is 17.9 Å². The molecule has 0 fully saturated rings. The van der Waals surface area contributed by atoms with E-state index < -0.39 is 69.3 Å². The molecule has 1 aromatic heterocycles. The molecule has 44 heavy (non-hydrogen) atoms. The second-order valence-electron chi connectivity index (χ2n) is 8.29. The standard InChI is InChI=1S/C21H17ClN6O12S4/c22-20-23-10-24-21(26-20)25-15-9-14(42(31,32)33)7-11-8-16(43(34,35)36)18(19(29)17(11)15)28-27-12-1-3-13(4-2-12)41(30)6-5-40-44(37,38)39/h1-4,7-10,29H,5-6H2,(H,31,32,33)(H,34,35,36)(H,37,38,39)(H,23,24,25,26). The molecule has 1 atom stereocenters. The lowest BCUT2D eigenvalue weighted by atomic mass is 10.1. The maximum atomic E-state index is 12.3. The van der Waals surface area contributed by atoms with Gasteiger partial charge in [-0.1, -0.05) is 0 Å². The highest BCUT2D eigenvalue weighted by Gasteiger charge is 2.26. The summed E-state index contributed by atoms with van der Waals surface area (Å²) in [4.78, 5) is 9.70. The lowest BCUT2D eigenvalue weighted by Gasteiger charge is -2.14. The number of rotatable bonds is 11. The number of phenolic OH excluding ortho intramolecular Hbond substituents is 1. The predicted octanol–water partition coefficient (Wildman–Crippen LogP) is 2.96. The third kappa shape index (κ3) is 8.25. The maximum absolute atomic E-state index is 12.3. The largest absolute Gasteiger partial charge is 0.505 e. The van der Waals surface area contributed by atoms with Crippen molar-refractivity contribution in [2.75, 3.05) is 17.7 Å². The van der Waals surface area contributed by atoms with Crippen LogP contribution >= 0.6 is 11.6 Å².